The van der Waals surface area contributed by atoms with Gasteiger partial charge in [0.05, 0.1) is 12.8 Å². The molecule has 14 heteroatoms. The zero-order valence-corrected chi connectivity index (χ0v) is 27.4. The zero-order valence-electron chi connectivity index (χ0n) is 27.4. The summed E-state index contributed by atoms with van der Waals surface area (Å²) in [4.78, 5) is 76.9. The van der Waals surface area contributed by atoms with E-state index in [-0.39, 0.29) is 29.9 Å². The number of carbonyl (C=O) groups excluding carboxylic acids is 6. The van der Waals surface area contributed by atoms with Crippen LogP contribution in [0.15, 0.2) is 22.8 Å². The van der Waals surface area contributed by atoms with Gasteiger partial charge in [-0.3, -0.25) is 28.8 Å². The Morgan fingerprint density at radius 1 is 0.800 bits per heavy atom. The van der Waals surface area contributed by atoms with E-state index in [0.717, 1.165) is 0 Å². The third kappa shape index (κ3) is 14.6. The van der Waals surface area contributed by atoms with Gasteiger partial charge in [-0.05, 0) is 68.5 Å². The monoisotopic (exact) mass is 635 g/mol. The standard InChI is InChI=1S/C31H53N7O7/c1-7-20(6)26(38-29(42)23(16-19(4)5)37-30(43)24-12-10-14-45-24)31(44)34-17-25(39)35-21(11-8-9-13-32)28(41)36-22(27(33)40)15-18(2)3/h10,12,14,18-23,26H,7-9,11,13,15-17,32H2,1-6H3,(H2,33,40)(H,34,44)(H,35,39)(H,36,41)(H,37,43)(H,38,42)/t20-,21-,22-,23-,26-/m0/s1. The first-order valence-corrected chi connectivity index (χ1v) is 15.7. The summed E-state index contributed by atoms with van der Waals surface area (Å²) in [5.41, 5.74) is 11.0. The molecule has 14 nitrogen and oxygen atoms in total. The average Bonchev–Trinajstić information content (AvgIpc) is 3.52. The van der Waals surface area contributed by atoms with Gasteiger partial charge in [0.1, 0.15) is 24.2 Å². The molecule has 1 heterocycles. The normalized spacial score (nSPS) is 14.5. The smallest absolute Gasteiger partial charge is 0.287 e. The molecule has 0 saturated carbocycles. The Bertz CT molecular complexity index is 1110. The van der Waals surface area contributed by atoms with Gasteiger partial charge >= 0.3 is 0 Å². The predicted octanol–water partition coefficient (Wildman–Crippen LogP) is 0.701. The van der Waals surface area contributed by atoms with Crippen molar-refractivity contribution in [2.75, 3.05) is 13.1 Å². The highest BCUT2D eigenvalue weighted by molar-refractivity contribution is 5.97. The summed E-state index contributed by atoms with van der Waals surface area (Å²) in [5.74, 6) is -3.67. The van der Waals surface area contributed by atoms with Crippen molar-refractivity contribution in [1.29, 1.82) is 0 Å². The maximum Gasteiger partial charge on any atom is 0.287 e. The van der Waals surface area contributed by atoms with Gasteiger partial charge in [-0.1, -0.05) is 48.0 Å². The molecule has 0 unspecified atom stereocenters. The number of amides is 6. The lowest BCUT2D eigenvalue weighted by Crippen LogP contribution is -2.57. The van der Waals surface area contributed by atoms with Gasteiger partial charge < -0.3 is 42.5 Å². The van der Waals surface area contributed by atoms with Crippen molar-refractivity contribution in [3.05, 3.63) is 24.2 Å². The number of nitrogens with one attached hydrogen (secondary N) is 5. The number of hydrogen-bond acceptors (Lipinski definition) is 8. The topological polar surface area (TPSA) is 228 Å². The molecule has 0 spiro atoms. The molecule has 9 N–H and O–H groups in total. The van der Waals surface area contributed by atoms with Crippen molar-refractivity contribution in [2.45, 2.75) is 104 Å². The highest BCUT2D eigenvalue weighted by atomic mass is 16.3. The molecular weight excluding hydrogens is 582 g/mol. The fourth-order valence-electron chi connectivity index (χ4n) is 4.57. The lowest BCUT2D eigenvalue weighted by atomic mass is 9.96. The number of rotatable bonds is 21. The van der Waals surface area contributed by atoms with Crippen LogP contribution >= 0.6 is 0 Å². The maximum absolute atomic E-state index is 13.3. The van der Waals surface area contributed by atoms with Crippen LogP contribution in [-0.2, 0) is 24.0 Å². The molecule has 0 fully saturated rings. The number of carbonyl (C=O) groups is 6. The quantitative estimate of drug-likeness (QED) is 0.0949. The fraction of sp³-hybridized carbons (Fsp3) is 0.677. The van der Waals surface area contributed by atoms with Crippen LogP contribution in [0.25, 0.3) is 0 Å². The summed E-state index contributed by atoms with van der Waals surface area (Å²) in [5, 5.41) is 13.2. The third-order valence-electron chi connectivity index (χ3n) is 7.26. The Morgan fingerprint density at radius 2 is 1.42 bits per heavy atom. The van der Waals surface area contributed by atoms with Gasteiger partial charge in [0.25, 0.3) is 5.91 Å². The number of primary amides is 1. The third-order valence-corrected chi connectivity index (χ3v) is 7.26. The van der Waals surface area contributed by atoms with Gasteiger partial charge in [-0.2, -0.15) is 0 Å². The molecule has 0 aromatic carbocycles. The zero-order chi connectivity index (χ0) is 34.1. The van der Waals surface area contributed by atoms with Crippen LogP contribution in [0, 0.1) is 17.8 Å². The van der Waals surface area contributed by atoms with E-state index in [0.29, 0.717) is 38.6 Å². The first kappa shape index (κ1) is 39.1. The van der Waals surface area contributed by atoms with Crippen molar-refractivity contribution in [1.82, 2.24) is 26.6 Å². The molecule has 1 aromatic heterocycles. The second-order valence-corrected chi connectivity index (χ2v) is 12.2. The van der Waals surface area contributed by atoms with Crippen molar-refractivity contribution in [2.24, 2.45) is 29.2 Å². The van der Waals surface area contributed by atoms with E-state index in [9.17, 15) is 28.8 Å². The SMILES string of the molecule is CC[C@H](C)[C@H](NC(=O)[C@H](CC(C)C)NC(=O)c1ccco1)C(=O)NCC(=O)N[C@@H](CCCCN)C(=O)N[C@@H](CC(C)C)C(N)=O. The van der Waals surface area contributed by atoms with Crippen molar-refractivity contribution in [3.8, 4) is 0 Å². The van der Waals surface area contributed by atoms with Crippen molar-refractivity contribution >= 4 is 35.4 Å². The summed E-state index contributed by atoms with van der Waals surface area (Å²) in [6.07, 6.45) is 3.98. The van der Waals surface area contributed by atoms with Crippen LogP contribution in [0.1, 0.15) is 90.6 Å². The Hall–Kier alpha value is -3.94. The van der Waals surface area contributed by atoms with Gasteiger partial charge in [0.2, 0.25) is 29.5 Å². The first-order valence-electron chi connectivity index (χ1n) is 15.7. The molecule has 1 rings (SSSR count). The Labute approximate surface area is 265 Å². The molecule has 254 valence electrons. The second kappa shape index (κ2) is 20.2. The van der Waals surface area contributed by atoms with Gasteiger partial charge in [0.15, 0.2) is 5.76 Å². The maximum atomic E-state index is 13.3. The molecule has 0 saturated heterocycles. The molecule has 0 aliphatic carbocycles. The van der Waals surface area contributed by atoms with Gasteiger partial charge in [-0.25, -0.2) is 0 Å². The minimum absolute atomic E-state index is 0.0517. The molecule has 0 radical (unpaired) electrons. The van der Waals surface area contributed by atoms with Crippen molar-refractivity contribution in [3.63, 3.8) is 0 Å². The summed E-state index contributed by atoms with van der Waals surface area (Å²) in [6.45, 7) is 11.2. The Morgan fingerprint density at radius 3 is 1.96 bits per heavy atom. The van der Waals surface area contributed by atoms with Crippen LogP contribution in [0.4, 0.5) is 0 Å². The lowest BCUT2D eigenvalue weighted by Gasteiger charge is -2.27. The molecular formula is C31H53N7O7. The highest BCUT2D eigenvalue weighted by Crippen LogP contribution is 2.12. The van der Waals surface area contributed by atoms with E-state index in [2.05, 4.69) is 26.6 Å². The largest absolute Gasteiger partial charge is 0.459 e. The number of unbranched alkanes of at least 4 members (excludes halogenated alkanes) is 1. The number of hydrogen-bond donors (Lipinski definition) is 7. The predicted molar refractivity (Wildman–Crippen MR) is 169 cm³/mol. The lowest BCUT2D eigenvalue weighted by molar-refractivity contribution is -0.133. The van der Waals surface area contributed by atoms with Crippen molar-refractivity contribution < 1.29 is 33.2 Å². The average molecular weight is 636 g/mol. The van der Waals surface area contributed by atoms with Crippen LogP contribution in [0.5, 0.6) is 0 Å². The van der Waals surface area contributed by atoms with E-state index in [1.165, 1.54) is 12.3 Å². The van der Waals surface area contributed by atoms with Crippen LogP contribution < -0.4 is 38.1 Å². The van der Waals surface area contributed by atoms with Crippen LogP contribution in [0.2, 0.25) is 0 Å². The highest BCUT2D eigenvalue weighted by Gasteiger charge is 2.31. The van der Waals surface area contributed by atoms with Gasteiger partial charge in [-0.15, -0.1) is 0 Å². The van der Waals surface area contributed by atoms with E-state index >= 15 is 0 Å². The van der Waals surface area contributed by atoms with Crippen LogP contribution in [0.3, 0.4) is 0 Å². The molecule has 5 atom stereocenters. The van der Waals surface area contributed by atoms with E-state index < -0.39 is 66.2 Å². The fourth-order valence-corrected chi connectivity index (χ4v) is 4.57. The van der Waals surface area contributed by atoms with Gasteiger partial charge in [0, 0.05) is 0 Å². The molecule has 0 aliphatic rings. The molecule has 1 aromatic rings. The minimum Gasteiger partial charge on any atom is -0.459 e. The Balaban J connectivity index is 2.94. The molecule has 6 amide bonds. The number of nitrogens with two attached hydrogens (primary N) is 2. The summed E-state index contributed by atoms with van der Waals surface area (Å²) in [6, 6.07) is -0.761. The molecule has 0 bridgehead atoms. The molecule has 0 aliphatic heterocycles. The molecule has 45 heavy (non-hydrogen) atoms. The van der Waals surface area contributed by atoms with Crippen LogP contribution in [-0.4, -0.2) is 72.7 Å². The summed E-state index contributed by atoms with van der Waals surface area (Å²) >= 11 is 0. The summed E-state index contributed by atoms with van der Waals surface area (Å²) in [7, 11) is 0. The van der Waals surface area contributed by atoms with E-state index in [4.69, 9.17) is 15.9 Å². The summed E-state index contributed by atoms with van der Waals surface area (Å²) < 4.78 is 5.13. The number of furan rings is 1. The minimum atomic E-state index is -0.999. The van der Waals surface area contributed by atoms with E-state index in [1.54, 1.807) is 13.0 Å². The second-order valence-electron chi connectivity index (χ2n) is 12.2. The Kier molecular flexibility index (Phi) is 17.5. The van der Waals surface area contributed by atoms with E-state index in [1.807, 2.05) is 34.6 Å². The first-order chi connectivity index (χ1) is 21.2.